The fourth-order valence-corrected chi connectivity index (χ4v) is 3.13. The molecule has 0 aromatic carbocycles. The average Bonchev–Trinajstić information content (AvgIpc) is 2.38. The number of piperidine rings is 1. The summed E-state index contributed by atoms with van der Waals surface area (Å²) in [5.74, 6) is -0.443. The van der Waals surface area contributed by atoms with Crippen LogP contribution in [0.1, 0.15) is 19.3 Å². The first-order chi connectivity index (χ1) is 8.51. The first kappa shape index (κ1) is 15.1. The number of hydrogen-bond acceptors (Lipinski definition) is 4. The first-order valence-electron chi connectivity index (χ1n) is 5.94. The van der Waals surface area contributed by atoms with Gasteiger partial charge in [0.2, 0.25) is 0 Å². The van der Waals surface area contributed by atoms with Gasteiger partial charge in [0, 0.05) is 19.6 Å². The molecule has 0 amide bonds. The molecule has 0 unspecified atom stereocenters. The van der Waals surface area contributed by atoms with Gasteiger partial charge in [0.05, 0.1) is 13.0 Å². The van der Waals surface area contributed by atoms with Gasteiger partial charge in [-0.2, -0.15) is 12.7 Å². The van der Waals surface area contributed by atoms with Gasteiger partial charge in [-0.15, -0.1) is 6.58 Å². The molecule has 0 saturated carbocycles. The standard InChI is InChI=1S/C11H20N2O4S/c1-3-4-7-12-18(15,16)13-8-5-10(6-9-13)11(14)17-2/h3,10,12H,1,4-9H2,2H3. The van der Waals surface area contributed by atoms with Crippen LogP contribution in [-0.2, 0) is 19.7 Å². The highest BCUT2D eigenvalue weighted by Crippen LogP contribution is 2.19. The summed E-state index contributed by atoms with van der Waals surface area (Å²) < 4.78 is 32.3. The van der Waals surface area contributed by atoms with Crippen molar-refractivity contribution in [2.45, 2.75) is 19.3 Å². The largest absolute Gasteiger partial charge is 0.469 e. The molecule has 104 valence electrons. The predicted octanol–water partition coefficient (Wildman–Crippen LogP) is 0.282. The second kappa shape index (κ2) is 6.86. The van der Waals surface area contributed by atoms with Gasteiger partial charge in [-0.1, -0.05) is 6.08 Å². The molecule has 0 atom stereocenters. The Morgan fingerprint density at radius 1 is 1.50 bits per heavy atom. The molecule has 0 aromatic rings. The van der Waals surface area contributed by atoms with Crippen LogP contribution in [0.15, 0.2) is 12.7 Å². The van der Waals surface area contributed by atoms with E-state index in [2.05, 4.69) is 16.0 Å². The van der Waals surface area contributed by atoms with Gasteiger partial charge in [-0.05, 0) is 19.3 Å². The Hall–Kier alpha value is -0.920. The van der Waals surface area contributed by atoms with Crippen molar-refractivity contribution in [3.8, 4) is 0 Å². The van der Waals surface area contributed by atoms with Crippen molar-refractivity contribution < 1.29 is 17.9 Å². The highest BCUT2D eigenvalue weighted by Gasteiger charge is 2.31. The highest BCUT2D eigenvalue weighted by molar-refractivity contribution is 7.87. The van der Waals surface area contributed by atoms with E-state index in [-0.39, 0.29) is 11.9 Å². The topological polar surface area (TPSA) is 75.7 Å². The van der Waals surface area contributed by atoms with E-state index < -0.39 is 10.2 Å². The van der Waals surface area contributed by atoms with Crippen LogP contribution in [0.25, 0.3) is 0 Å². The molecule has 1 heterocycles. The van der Waals surface area contributed by atoms with E-state index in [1.165, 1.54) is 11.4 Å². The molecule has 1 N–H and O–H groups in total. The van der Waals surface area contributed by atoms with E-state index in [4.69, 9.17) is 0 Å². The van der Waals surface area contributed by atoms with Crippen LogP contribution >= 0.6 is 0 Å². The molecular formula is C11H20N2O4S. The van der Waals surface area contributed by atoms with Crippen LogP contribution in [0.4, 0.5) is 0 Å². The van der Waals surface area contributed by atoms with Crippen LogP contribution in [0.3, 0.4) is 0 Å². The zero-order chi connectivity index (χ0) is 13.6. The number of hydrogen-bond donors (Lipinski definition) is 1. The maximum absolute atomic E-state index is 11.9. The summed E-state index contributed by atoms with van der Waals surface area (Å²) >= 11 is 0. The fraction of sp³-hybridized carbons (Fsp3) is 0.727. The SMILES string of the molecule is C=CCCNS(=O)(=O)N1CCC(C(=O)OC)CC1. The van der Waals surface area contributed by atoms with Gasteiger partial charge in [-0.25, -0.2) is 4.72 Å². The number of carbonyl (C=O) groups excluding carboxylic acids is 1. The number of ether oxygens (including phenoxy) is 1. The van der Waals surface area contributed by atoms with Gasteiger partial charge < -0.3 is 4.74 Å². The quantitative estimate of drug-likeness (QED) is 0.429. The molecule has 7 heteroatoms. The van der Waals surface area contributed by atoms with Gasteiger partial charge in [0.15, 0.2) is 0 Å². The number of nitrogens with zero attached hydrogens (tertiary/aromatic N) is 1. The number of nitrogens with one attached hydrogen (secondary N) is 1. The lowest BCUT2D eigenvalue weighted by Crippen LogP contribution is -2.46. The molecule has 0 bridgehead atoms. The normalized spacial score (nSPS) is 18.5. The lowest BCUT2D eigenvalue weighted by molar-refractivity contribution is -0.146. The average molecular weight is 276 g/mol. The minimum atomic E-state index is -3.43. The minimum Gasteiger partial charge on any atom is -0.469 e. The van der Waals surface area contributed by atoms with E-state index in [0.29, 0.717) is 38.9 Å². The van der Waals surface area contributed by atoms with E-state index in [9.17, 15) is 13.2 Å². The third kappa shape index (κ3) is 4.08. The molecule has 1 aliphatic heterocycles. The zero-order valence-corrected chi connectivity index (χ0v) is 11.4. The molecule has 6 nitrogen and oxygen atoms in total. The van der Waals surface area contributed by atoms with Crippen molar-refractivity contribution in [3.05, 3.63) is 12.7 Å². The summed E-state index contributed by atoms with van der Waals surface area (Å²) in [4.78, 5) is 11.3. The Labute approximate surface area is 108 Å². The Balaban J connectivity index is 2.46. The highest BCUT2D eigenvalue weighted by atomic mass is 32.2. The lowest BCUT2D eigenvalue weighted by atomic mass is 9.99. The van der Waals surface area contributed by atoms with Gasteiger partial charge in [0.25, 0.3) is 10.2 Å². The second-order valence-electron chi connectivity index (χ2n) is 4.17. The van der Waals surface area contributed by atoms with Crippen molar-refractivity contribution >= 4 is 16.2 Å². The molecule has 0 spiro atoms. The van der Waals surface area contributed by atoms with Crippen molar-refractivity contribution in [1.82, 2.24) is 9.03 Å². The fourth-order valence-electron chi connectivity index (χ4n) is 1.88. The van der Waals surface area contributed by atoms with E-state index >= 15 is 0 Å². The summed E-state index contributed by atoms with van der Waals surface area (Å²) in [5.41, 5.74) is 0. The third-order valence-electron chi connectivity index (χ3n) is 2.96. The van der Waals surface area contributed by atoms with Crippen molar-refractivity contribution in [2.75, 3.05) is 26.7 Å². The summed E-state index contributed by atoms with van der Waals surface area (Å²) in [7, 11) is -2.08. The lowest BCUT2D eigenvalue weighted by Gasteiger charge is -2.29. The smallest absolute Gasteiger partial charge is 0.308 e. The summed E-state index contributed by atoms with van der Waals surface area (Å²) in [6, 6.07) is 0. The van der Waals surface area contributed by atoms with Crippen molar-refractivity contribution in [3.63, 3.8) is 0 Å². The zero-order valence-electron chi connectivity index (χ0n) is 10.6. The molecule has 0 radical (unpaired) electrons. The molecule has 0 aromatic heterocycles. The van der Waals surface area contributed by atoms with Crippen LogP contribution in [0.5, 0.6) is 0 Å². The van der Waals surface area contributed by atoms with Crippen molar-refractivity contribution in [1.29, 1.82) is 0 Å². The summed E-state index contributed by atoms with van der Waals surface area (Å²) in [5, 5.41) is 0. The van der Waals surface area contributed by atoms with Crippen LogP contribution < -0.4 is 4.72 Å². The minimum absolute atomic E-state index is 0.186. The third-order valence-corrected chi connectivity index (χ3v) is 4.58. The Kier molecular flexibility index (Phi) is 5.77. The molecule has 0 aliphatic carbocycles. The molecule has 1 aliphatic rings. The van der Waals surface area contributed by atoms with Crippen LogP contribution in [-0.4, -0.2) is 45.4 Å². The molecule has 18 heavy (non-hydrogen) atoms. The molecular weight excluding hydrogens is 256 g/mol. The van der Waals surface area contributed by atoms with E-state index in [0.717, 1.165) is 0 Å². The Morgan fingerprint density at radius 3 is 2.61 bits per heavy atom. The number of esters is 1. The van der Waals surface area contributed by atoms with Crippen molar-refractivity contribution in [2.24, 2.45) is 5.92 Å². The first-order valence-corrected chi connectivity index (χ1v) is 7.38. The summed E-state index contributed by atoms with van der Waals surface area (Å²) in [6.07, 6.45) is 3.27. The Bertz CT molecular complexity index is 386. The van der Waals surface area contributed by atoms with E-state index in [1.807, 2.05) is 0 Å². The Morgan fingerprint density at radius 2 is 2.11 bits per heavy atom. The van der Waals surface area contributed by atoms with Gasteiger partial charge in [-0.3, -0.25) is 4.79 Å². The molecule has 1 rings (SSSR count). The number of rotatable bonds is 6. The summed E-state index contributed by atoms with van der Waals surface area (Å²) in [6.45, 7) is 4.58. The van der Waals surface area contributed by atoms with Crippen LogP contribution in [0, 0.1) is 5.92 Å². The monoisotopic (exact) mass is 276 g/mol. The second-order valence-corrected chi connectivity index (χ2v) is 5.93. The predicted molar refractivity (Wildman–Crippen MR) is 68.0 cm³/mol. The number of carbonyl (C=O) groups is 1. The van der Waals surface area contributed by atoms with Gasteiger partial charge in [0.1, 0.15) is 0 Å². The maximum Gasteiger partial charge on any atom is 0.308 e. The van der Waals surface area contributed by atoms with Crippen LogP contribution in [0.2, 0.25) is 0 Å². The maximum atomic E-state index is 11.9. The number of methoxy groups -OCH3 is 1. The molecule has 1 fully saturated rings. The van der Waals surface area contributed by atoms with Gasteiger partial charge >= 0.3 is 5.97 Å². The van der Waals surface area contributed by atoms with E-state index in [1.54, 1.807) is 6.08 Å². The molecule has 1 saturated heterocycles.